The van der Waals surface area contributed by atoms with Crippen molar-refractivity contribution in [1.29, 1.82) is 0 Å². The number of carbonyl (C=O) groups excluding carboxylic acids is 1. The second kappa shape index (κ2) is 3.00. The van der Waals surface area contributed by atoms with Crippen LogP contribution in [0.5, 0.6) is 0 Å². The first-order valence-corrected chi connectivity index (χ1v) is 5.40. The van der Waals surface area contributed by atoms with Crippen molar-refractivity contribution in [3.63, 3.8) is 0 Å². The molecule has 1 saturated carbocycles. The third-order valence-corrected chi connectivity index (χ3v) is 3.50. The van der Waals surface area contributed by atoms with Crippen molar-refractivity contribution in [2.75, 3.05) is 0 Å². The van der Waals surface area contributed by atoms with Crippen molar-refractivity contribution in [3.8, 4) is 0 Å². The zero-order valence-electron chi connectivity index (χ0n) is 8.67. The summed E-state index contributed by atoms with van der Waals surface area (Å²) in [5.74, 6) is 1.61. The first kappa shape index (κ1) is 8.79. The number of hydrogen-bond donors (Lipinski definition) is 0. The number of rotatable bonds is 1. The molecule has 3 aliphatic rings. The second-order valence-electron chi connectivity index (χ2n) is 4.41. The largest absolute Gasteiger partial charge is 0.417 e. The van der Waals surface area contributed by atoms with Gasteiger partial charge in [0.25, 0.3) is 0 Å². The van der Waals surface area contributed by atoms with Crippen molar-refractivity contribution in [2.24, 2.45) is 11.8 Å². The summed E-state index contributed by atoms with van der Waals surface area (Å²) in [6.45, 7) is 1.43. The van der Waals surface area contributed by atoms with E-state index in [0.29, 0.717) is 17.6 Å². The van der Waals surface area contributed by atoms with E-state index in [1.165, 1.54) is 37.3 Å². The van der Waals surface area contributed by atoms with Gasteiger partial charge in [-0.15, -0.1) is 0 Å². The van der Waals surface area contributed by atoms with Gasteiger partial charge in [-0.25, -0.2) is 0 Å². The zero-order valence-corrected chi connectivity index (χ0v) is 8.67. The molecule has 0 N–H and O–H groups in total. The van der Waals surface area contributed by atoms with Crippen LogP contribution in [0.25, 0.3) is 0 Å². The third-order valence-electron chi connectivity index (χ3n) is 3.50. The number of fused-ring (bicyclic) bond motifs is 4. The molecule has 0 aromatic heterocycles. The lowest BCUT2D eigenvalue weighted by Crippen LogP contribution is -2.09. The minimum absolute atomic E-state index is 0.268. The highest BCUT2D eigenvalue weighted by molar-refractivity contribution is 5.69. The molecular formula is C13H12O2. The van der Waals surface area contributed by atoms with Crippen molar-refractivity contribution in [2.45, 2.75) is 26.2 Å². The molecule has 0 radical (unpaired) electrons. The molecule has 1 fully saturated rings. The summed E-state index contributed by atoms with van der Waals surface area (Å²) >= 11 is 0. The number of hydrogen-bond acceptors (Lipinski definition) is 2. The van der Waals surface area contributed by atoms with Gasteiger partial charge in [0.05, 0.1) is 0 Å². The standard InChI is InChI=1S/C13H12O2/c1-8(14)15-12-4-2-3-11-9-5-6-10(7-9)13(11)12/h3,9-10H,5-7H2,1H3. The molecule has 2 nitrogen and oxygen atoms in total. The Hall–Kier alpha value is -1.49. The molecule has 0 aromatic rings. The lowest BCUT2D eigenvalue weighted by atomic mass is 9.89. The van der Waals surface area contributed by atoms with Crippen LogP contribution in [0.1, 0.15) is 26.2 Å². The number of ether oxygens (including phenoxy) is 1. The third kappa shape index (κ3) is 1.23. The van der Waals surface area contributed by atoms with E-state index in [-0.39, 0.29) is 5.97 Å². The molecule has 0 amide bonds. The molecule has 2 heteroatoms. The topological polar surface area (TPSA) is 26.3 Å². The summed E-state index contributed by atoms with van der Waals surface area (Å²) in [7, 11) is 0. The second-order valence-corrected chi connectivity index (χ2v) is 4.41. The average molecular weight is 200 g/mol. The summed E-state index contributed by atoms with van der Waals surface area (Å²) in [5, 5.41) is 0. The van der Waals surface area contributed by atoms with Gasteiger partial charge in [-0.05, 0) is 48.5 Å². The van der Waals surface area contributed by atoms with Crippen molar-refractivity contribution in [3.05, 3.63) is 34.4 Å². The van der Waals surface area contributed by atoms with Crippen LogP contribution in [-0.4, -0.2) is 5.97 Å². The molecule has 3 rings (SSSR count). The maximum absolute atomic E-state index is 11.0. The quantitative estimate of drug-likeness (QED) is 0.480. The Balaban J connectivity index is 2.02. The highest BCUT2D eigenvalue weighted by Crippen LogP contribution is 2.51. The molecule has 76 valence electrons. The smallest absolute Gasteiger partial charge is 0.308 e. The molecule has 2 bridgehead atoms. The SMILES string of the molecule is CC(=O)OC1=C=C=CC2=C1C1CCC2C1. The van der Waals surface area contributed by atoms with Crippen LogP contribution in [0.2, 0.25) is 0 Å². The summed E-state index contributed by atoms with van der Waals surface area (Å²) in [6, 6.07) is 0. The molecule has 2 atom stereocenters. The highest BCUT2D eigenvalue weighted by atomic mass is 16.5. The molecule has 15 heavy (non-hydrogen) atoms. The van der Waals surface area contributed by atoms with Gasteiger partial charge in [-0.3, -0.25) is 4.79 Å². The average Bonchev–Trinajstić information content (AvgIpc) is 2.77. The number of esters is 1. The minimum Gasteiger partial charge on any atom is -0.417 e. The van der Waals surface area contributed by atoms with Gasteiger partial charge in [0.15, 0.2) is 5.76 Å². The first-order valence-electron chi connectivity index (χ1n) is 5.40. The molecule has 3 aliphatic carbocycles. The molecule has 0 saturated heterocycles. The minimum atomic E-state index is -0.268. The Kier molecular flexibility index (Phi) is 1.76. The van der Waals surface area contributed by atoms with E-state index >= 15 is 0 Å². The molecule has 0 heterocycles. The molecule has 2 unspecified atom stereocenters. The Morgan fingerprint density at radius 2 is 2.27 bits per heavy atom. The van der Waals surface area contributed by atoms with Gasteiger partial charge < -0.3 is 4.74 Å². The fourth-order valence-corrected chi connectivity index (χ4v) is 2.96. The molecule has 0 aliphatic heterocycles. The van der Waals surface area contributed by atoms with E-state index < -0.39 is 0 Å². The predicted octanol–water partition coefficient (Wildman–Crippen LogP) is 2.48. The van der Waals surface area contributed by atoms with Crippen LogP contribution in [0.3, 0.4) is 0 Å². The summed E-state index contributed by atoms with van der Waals surface area (Å²) < 4.78 is 5.18. The maximum atomic E-state index is 11.0. The van der Waals surface area contributed by atoms with Crippen LogP contribution >= 0.6 is 0 Å². The van der Waals surface area contributed by atoms with Crippen LogP contribution in [0, 0.1) is 11.8 Å². The Labute approximate surface area is 88.6 Å². The van der Waals surface area contributed by atoms with Crippen LogP contribution in [0.15, 0.2) is 34.4 Å². The fraction of sp³-hybridized carbons (Fsp3) is 0.462. The Bertz CT molecular complexity index is 469. The summed E-state index contributed by atoms with van der Waals surface area (Å²) in [5.41, 5.74) is 8.42. The van der Waals surface area contributed by atoms with Gasteiger partial charge in [0, 0.05) is 12.5 Å². The highest BCUT2D eigenvalue weighted by Gasteiger charge is 2.41. The van der Waals surface area contributed by atoms with Gasteiger partial charge in [0.2, 0.25) is 0 Å². The van der Waals surface area contributed by atoms with E-state index in [1.807, 2.05) is 6.08 Å². The molecular weight excluding hydrogens is 188 g/mol. The van der Waals surface area contributed by atoms with Crippen molar-refractivity contribution >= 4 is 5.97 Å². The van der Waals surface area contributed by atoms with E-state index in [4.69, 9.17) is 4.74 Å². The lowest BCUT2D eigenvalue weighted by Gasteiger charge is -2.18. The van der Waals surface area contributed by atoms with Gasteiger partial charge >= 0.3 is 5.97 Å². The first-order chi connectivity index (χ1) is 7.25. The molecule has 0 spiro atoms. The predicted molar refractivity (Wildman–Crippen MR) is 54.7 cm³/mol. The van der Waals surface area contributed by atoms with E-state index in [9.17, 15) is 4.79 Å². The van der Waals surface area contributed by atoms with E-state index in [2.05, 4.69) is 11.5 Å². The normalized spacial score (nSPS) is 30.6. The van der Waals surface area contributed by atoms with Gasteiger partial charge in [-0.1, -0.05) is 5.73 Å². The van der Waals surface area contributed by atoms with Crippen LogP contribution < -0.4 is 0 Å². The summed E-state index contributed by atoms with van der Waals surface area (Å²) in [4.78, 5) is 11.0. The monoisotopic (exact) mass is 200 g/mol. The number of carbonyl (C=O) groups is 1. The van der Waals surface area contributed by atoms with Gasteiger partial charge in [-0.2, -0.15) is 0 Å². The van der Waals surface area contributed by atoms with E-state index in [0.717, 1.165) is 0 Å². The summed E-state index contributed by atoms with van der Waals surface area (Å²) in [6.07, 6.45) is 5.72. The van der Waals surface area contributed by atoms with Gasteiger partial charge in [0.1, 0.15) is 0 Å². The zero-order chi connectivity index (χ0) is 10.4. The molecule has 0 aromatic carbocycles. The van der Waals surface area contributed by atoms with Crippen molar-refractivity contribution < 1.29 is 9.53 Å². The van der Waals surface area contributed by atoms with E-state index in [1.54, 1.807) is 0 Å². The fourth-order valence-electron chi connectivity index (χ4n) is 2.96. The van der Waals surface area contributed by atoms with Crippen LogP contribution in [0.4, 0.5) is 0 Å². The van der Waals surface area contributed by atoms with Crippen molar-refractivity contribution in [1.82, 2.24) is 0 Å². The maximum Gasteiger partial charge on any atom is 0.308 e. The Morgan fingerprint density at radius 3 is 3.07 bits per heavy atom. The lowest BCUT2D eigenvalue weighted by molar-refractivity contribution is -0.136. The Morgan fingerprint density at radius 1 is 1.47 bits per heavy atom. The number of allylic oxidation sites excluding steroid dienone is 3. The van der Waals surface area contributed by atoms with Crippen LogP contribution in [-0.2, 0) is 9.53 Å².